The minimum absolute atomic E-state index is 0.549. The lowest BCUT2D eigenvalue weighted by Crippen LogP contribution is -2.41. The zero-order valence-electron chi connectivity index (χ0n) is 6.83. The van der Waals surface area contributed by atoms with Gasteiger partial charge in [0.2, 0.25) is 5.78 Å². The number of ketones is 1. The van der Waals surface area contributed by atoms with Crippen LogP contribution in [0.3, 0.4) is 0 Å². The van der Waals surface area contributed by atoms with Crippen molar-refractivity contribution in [2.24, 2.45) is 0 Å². The van der Waals surface area contributed by atoms with Crippen molar-refractivity contribution in [1.29, 1.82) is 0 Å². The molecule has 0 heterocycles. The summed E-state index contributed by atoms with van der Waals surface area (Å²) in [5, 5.41) is 0. The number of allylic oxidation sites excluding steroid dienone is 2. The number of methoxy groups -OCH3 is 2. The zero-order chi connectivity index (χ0) is 9.19. The maximum absolute atomic E-state index is 12.5. The lowest BCUT2D eigenvalue weighted by atomic mass is 10.1. The van der Waals surface area contributed by atoms with Crippen LogP contribution in [0.1, 0.15) is 0 Å². The lowest BCUT2D eigenvalue weighted by molar-refractivity contribution is -0.181. The Morgan fingerprint density at radius 1 is 1.42 bits per heavy atom. The van der Waals surface area contributed by atoms with E-state index in [4.69, 9.17) is 9.47 Å². The molecule has 1 aliphatic rings. The van der Waals surface area contributed by atoms with Gasteiger partial charge in [-0.1, -0.05) is 0 Å². The molecule has 0 radical (unpaired) electrons. The Labute approximate surface area is 69.5 Å². The Kier molecular flexibility index (Phi) is 2.40. The monoisotopic (exact) mass is 172 g/mol. The average molecular weight is 172 g/mol. The van der Waals surface area contributed by atoms with Crippen molar-refractivity contribution < 1.29 is 18.7 Å². The van der Waals surface area contributed by atoms with Gasteiger partial charge in [-0.2, -0.15) is 0 Å². The van der Waals surface area contributed by atoms with Crippen molar-refractivity contribution >= 4 is 5.78 Å². The third kappa shape index (κ3) is 1.31. The number of hydrogen-bond acceptors (Lipinski definition) is 3. The van der Waals surface area contributed by atoms with Gasteiger partial charge < -0.3 is 9.47 Å². The van der Waals surface area contributed by atoms with E-state index in [1.807, 2.05) is 0 Å². The van der Waals surface area contributed by atoms with Crippen LogP contribution in [0.5, 0.6) is 0 Å². The van der Waals surface area contributed by atoms with Crippen molar-refractivity contribution in [2.45, 2.75) is 5.79 Å². The molecule has 0 aromatic heterocycles. The predicted octanol–water partition coefficient (Wildman–Crippen LogP) is 0.968. The topological polar surface area (TPSA) is 35.5 Å². The molecule has 0 saturated heterocycles. The molecule has 0 saturated carbocycles. The first-order valence-electron chi connectivity index (χ1n) is 3.36. The van der Waals surface area contributed by atoms with E-state index in [1.54, 1.807) is 0 Å². The first-order valence-corrected chi connectivity index (χ1v) is 3.36. The number of carbonyl (C=O) groups is 1. The summed E-state index contributed by atoms with van der Waals surface area (Å²) in [4.78, 5) is 11.2. The van der Waals surface area contributed by atoms with Crippen LogP contribution in [-0.2, 0) is 14.3 Å². The highest BCUT2D eigenvalue weighted by atomic mass is 19.1. The van der Waals surface area contributed by atoms with Crippen molar-refractivity contribution in [2.75, 3.05) is 14.2 Å². The highest BCUT2D eigenvalue weighted by Gasteiger charge is 2.36. The Morgan fingerprint density at radius 3 is 2.42 bits per heavy atom. The zero-order valence-corrected chi connectivity index (χ0v) is 6.83. The molecule has 0 atom stereocenters. The van der Waals surface area contributed by atoms with Gasteiger partial charge in [0.05, 0.1) is 0 Å². The molecule has 0 N–H and O–H groups in total. The van der Waals surface area contributed by atoms with E-state index < -0.39 is 17.4 Å². The predicted molar refractivity (Wildman–Crippen MR) is 40.1 cm³/mol. The minimum Gasteiger partial charge on any atom is -0.344 e. The van der Waals surface area contributed by atoms with Crippen LogP contribution in [-0.4, -0.2) is 25.8 Å². The van der Waals surface area contributed by atoms with Gasteiger partial charge in [0.1, 0.15) is 5.83 Å². The fourth-order valence-corrected chi connectivity index (χ4v) is 0.966. The molecule has 4 heteroatoms. The fourth-order valence-electron chi connectivity index (χ4n) is 0.966. The molecule has 0 bridgehead atoms. The normalized spacial score (nSPS) is 20.9. The second-order valence-electron chi connectivity index (χ2n) is 2.30. The van der Waals surface area contributed by atoms with Crippen LogP contribution < -0.4 is 0 Å². The summed E-state index contributed by atoms with van der Waals surface area (Å²) in [6, 6.07) is 0. The van der Waals surface area contributed by atoms with E-state index in [0.717, 1.165) is 12.2 Å². The van der Waals surface area contributed by atoms with Crippen molar-refractivity contribution in [3.8, 4) is 0 Å². The summed E-state index contributed by atoms with van der Waals surface area (Å²) in [7, 11) is 2.64. The standard InChI is InChI=1S/C8H9FO3/c1-11-8(12-2)4-3-6(9)5-7(8)10/h3-5H,1-2H3. The number of halogens is 1. The molecule has 1 aliphatic carbocycles. The molecule has 1 rings (SSSR count). The van der Waals surface area contributed by atoms with Gasteiger partial charge in [0, 0.05) is 20.3 Å². The molecule has 0 aromatic rings. The van der Waals surface area contributed by atoms with Crippen molar-refractivity contribution in [3.63, 3.8) is 0 Å². The van der Waals surface area contributed by atoms with E-state index in [-0.39, 0.29) is 0 Å². The molecule has 0 spiro atoms. The molecule has 66 valence electrons. The molecule has 3 nitrogen and oxygen atoms in total. The second kappa shape index (κ2) is 3.16. The molecule has 0 aliphatic heterocycles. The van der Waals surface area contributed by atoms with Crippen LogP contribution in [0, 0.1) is 0 Å². The molecule has 0 fully saturated rings. The summed E-state index contributed by atoms with van der Waals surface area (Å²) in [6.07, 6.45) is 3.21. The van der Waals surface area contributed by atoms with Gasteiger partial charge in [-0.15, -0.1) is 0 Å². The molecule has 0 aromatic carbocycles. The van der Waals surface area contributed by atoms with Gasteiger partial charge in [0.25, 0.3) is 5.79 Å². The number of ether oxygens (including phenoxy) is 2. The molecule has 12 heavy (non-hydrogen) atoms. The van der Waals surface area contributed by atoms with E-state index in [1.165, 1.54) is 20.3 Å². The van der Waals surface area contributed by atoms with Crippen LogP contribution >= 0.6 is 0 Å². The Balaban J connectivity index is 2.96. The van der Waals surface area contributed by atoms with Crippen LogP contribution in [0.15, 0.2) is 24.1 Å². The van der Waals surface area contributed by atoms with Crippen LogP contribution in [0.4, 0.5) is 4.39 Å². The maximum Gasteiger partial charge on any atom is 0.253 e. The largest absolute Gasteiger partial charge is 0.344 e. The summed E-state index contributed by atoms with van der Waals surface area (Å²) >= 11 is 0. The van der Waals surface area contributed by atoms with E-state index in [0.29, 0.717) is 0 Å². The minimum atomic E-state index is -1.43. The second-order valence-corrected chi connectivity index (χ2v) is 2.30. The van der Waals surface area contributed by atoms with Gasteiger partial charge in [-0.25, -0.2) is 4.39 Å². The third-order valence-corrected chi connectivity index (χ3v) is 1.68. The fraction of sp³-hybridized carbons (Fsp3) is 0.375. The summed E-state index contributed by atoms with van der Waals surface area (Å²) in [6.45, 7) is 0. The van der Waals surface area contributed by atoms with Gasteiger partial charge in [-0.05, 0) is 12.2 Å². The van der Waals surface area contributed by atoms with Gasteiger partial charge in [0.15, 0.2) is 0 Å². The Morgan fingerprint density at radius 2 is 2.00 bits per heavy atom. The molecule has 0 amide bonds. The number of hydrogen-bond donors (Lipinski definition) is 0. The summed E-state index contributed by atoms with van der Waals surface area (Å²) in [5.74, 6) is -2.58. The van der Waals surface area contributed by atoms with Gasteiger partial charge >= 0.3 is 0 Å². The van der Waals surface area contributed by atoms with Crippen molar-refractivity contribution in [1.82, 2.24) is 0 Å². The molecular weight excluding hydrogens is 163 g/mol. The summed E-state index contributed by atoms with van der Waals surface area (Å²) < 4.78 is 22.1. The number of carbonyl (C=O) groups excluding carboxylic acids is 1. The van der Waals surface area contributed by atoms with Crippen molar-refractivity contribution in [3.05, 3.63) is 24.1 Å². The first kappa shape index (κ1) is 9.09. The SMILES string of the molecule is COC1(OC)C=CC(F)=CC1=O. The Bertz CT molecular complexity index is 251. The third-order valence-electron chi connectivity index (χ3n) is 1.68. The quantitative estimate of drug-likeness (QED) is 0.582. The molecular formula is C8H9FO3. The van der Waals surface area contributed by atoms with E-state index in [9.17, 15) is 9.18 Å². The highest BCUT2D eigenvalue weighted by molar-refractivity contribution is 5.99. The molecule has 0 unspecified atom stereocenters. The van der Waals surface area contributed by atoms with Crippen LogP contribution in [0.25, 0.3) is 0 Å². The van der Waals surface area contributed by atoms with E-state index >= 15 is 0 Å². The average Bonchev–Trinajstić information content (AvgIpc) is 2.06. The Hall–Kier alpha value is -1.00. The lowest BCUT2D eigenvalue weighted by Gasteiger charge is -2.25. The van der Waals surface area contributed by atoms with E-state index in [2.05, 4.69) is 0 Å². The summed E-state index contributed by atoms with van der Waals surface area (Å²) in [5.41, 5.74) is 0. The highest BCUT2D eigenvalue weighted by Crippen LogP contribution is 2.22. The number of rotatable bonds is 2. The van der Waals surface area contributed by atoms with Gasteiger partial charge in [-0.3, -0.25) is 4.79 Å². The van der Waals surface area contributed by atoms with Crippen LogP contribution in [0.2, 0.25) is 0 Å². The first-order chi connectivity index (χ1) is 5.64. The maximum atomic E-state index is 12.5. The smallest absolute Gasteiger partial charge is 0.253 e.